The second-order valence-electron chi connectivity index (χ2n) is 4.41. The molecule has 7 nitrogen and oxygen atoms in total. The summed E-state index contributed by atoms with van der Waals surface area (Å²) in [5, 5.41) is 9.17. The fourth-order valence-electron chi connectivity index (χ4n) is 2.30. The molecule has 0 aliphatic carbocycles. The Morgan fingerprint density at radius 1 is 1.39 bits per heavy atom. The molecule has 3 N–H and O–H groups in total. The van der Waals surface area contributed by atoms with Crippen LogP contribution in [0.4, 0.5) is 5.82 Å². The van der Waals surface area contributed by atoms with Crippen LogP contribution in [0.15, 0.2) is 12.7 Å². The number of nitrogens with two attached hydrogens (primary N) is 1. The fourth-order valence-corrected chi connectivity index (χ4v) is 2.30. The topological polar surface area (TPSA) is 99.1 Å². The van der Waals surface area contributed by atoms with Crippen molar-refractivity contribution in [3.8, 4) is 0 Å². The Morgan fingerprint density at radius 2 is 2.28 bits per heavy atom. The molecule has 18 heavy (non-hydrogen) atoms. The van der Waals surface area contributed by atoms with Crippen LogP contribution < -0.4 is 5.73 Å². The average Bonchev–Trinajstić information content (AvgIpc) is 2.84. The van der Waals surface area contributed by atoms with E-state index in [0.29, 0.717) is 17.0 Å². The van der Waals surface area contributed by atoms with Gasteiger partial charge in [0.05, 0.1) is 19.0 Å². The van der Waals surface area contributed by atoms with E-state index in [1.54, 1.807) is 6.33 Å². The quantitative estimate of drug-likeness (QED) is 0.802. The predicted molar refractivity (Wildman–Crippen MR) is 64.6 cm³/mol. The van der Waals surface area contributed by atoms with E-state index in [0.717, 1.165) is 19.3 Å². The highest BCUT2D eigenvalue weighted by atomic mass is 16.5. The zero-order valence-electron chi connectivity index (χ0n) is 9.86. The zero-order valence-corrected chi connectivity index (χ0v) is 9.86. The zero-order chi connectivity index (χ0) is 12.5. The van der Waals surface area contributed by atoms with Crippen LogP contribution in [0.2, 0.25) is 0 Å². The van der Waals surface area contributed by atoms with Crippen molar-refractivity contribution in [1.29, 1.82) is 0 Å². The molecular weight excluding hydrogens is 234 g/mol. The molecular formula is C11H15N5O2. The van der Waals surface area contributed by atoms with Crippen molar-refractivity contribution in [3.05, 3.63) is 12.7 Å². The van der Waals surface area contributed by atoms with Crippen molar-refractivity contribution < 1.29 is 9.84 Å². The molecule has 0 aromatic carbocycles. The monoisotopic (exact) mass is 249 g/mol. The highest BCUT2D eigenvalue weighted by Crippen LogP contribution is 2.29. The standard InChI is InChI=1S/C11H15N5O2/c12-10-9-11(14-5-13-10)16(6-15-9)8-3-1-2-7(4-17)18-8/h5-8,17H,1-4H2,(H2,12,13,14). The van der Waals surface area contributed by atoms with E-state index in [1.165, 1.54) is 6.33 Å². The van der Waals surface area contributed by atoms with Gasteiger partial charge in [0.1, 0.15) is 18.1 Å². The van der Waals surface area contributed by atoms with Crippen LogP contribution in [0.25, 0.3) is 11.2 Å². The van der Waals surface area contributed by atoms with E-state index in [2.05, 4.69) is 15.0 Å². The van der Waals surface area contributed by atoms with E-state index >= 15 is 0 Å². The molecule has 3 rings (SSSR count). The van der Waals surface area contributed by atoms with Crippen LogP contribution in [0, 0.1) is 0 Å². The molecule has 2 unspecified atom stereocenters. The molecule has 1 aliphatic rings. The Hall–Kier alpha value is -1.73. The highest BCUT2D eigenvalue weighted by molar-refractivity contribution is 5.81. The lowest BCUT2D eigenvalue weighted by Gasteiger charge is -2.29. The van der Waals surface area contributed by atoms with Gasteiger partial charge in [0.2, 0.25) is 0 Å². The lowest BCUT2D eigenvalue weighted by Crippen LogP contribution is -2.28. The predicted octanol–water partition coefficient (Wildman–Crippen LogP) is 0.468. The van der Waals surface area contributed by atoms with Gasteiger partial charge < -0.3 is 15.6 Å². The van der Waals surface area contributed by atoms with Crippen LogP contribution in [0.3, 0.4) is 0 Å². The minimum atomic E-state index is -0.143. The molecule has 1 fully saturated rings. The van der Waals surface area contributed by atoms with E-state index < -0.39 is 0 Å². The number of hydrogen-bond acceptors (Lipinski definition) is 6. The van der Waals surface area contributed by atoms with E-state index in [1.807, 2.05) is 4.57 Å². The van der Waals surface area contributed by atoms with Crippen molar-refractivity contribution in [3.63, 3.8) is 0 Å². The summed E-state index contributed by atoms with van der Waals surface area (Å²) >= 11 is 0. The van der Waals surface area contributed by atoms with Gasteiger partial charge >= 0.3 is 0 Å². The van der Waals surface area contributed by atoms with Crippen molar-refractivity contribution in [2.75, 3.05) is 12.3 Å². The molecule has 1 saturated heterocycles. The Balaban J connectivity index is 1.96. The van der Waals surface area contributed by atoms with E-state index in [4.69, 9.17) is 15.6 Å². The van der Waals surface area contributed by atoms with Crippen molar-refractivity contribution in [1.82, 2.24) is 19.5 Å². The van der Waals surface area contributed by atoms with Crippen molar-refractivity contribution in [2.45, 2.75) is 31.6 Å². The molecule has 2 aromatic rings. The minimum absolute atomic E-state index is 0.0419. The highest BCUT2D eigenvalue weighted by Gasteiger charge is 2.24. The van der Waals surface area contributed by atoms with Crippen LogP contribution in [-0.2, 0) is 4.74 Å². The summed E-state index contributed by atoms with van der Waals surface area (Å²) in [5.41, 5.74) is 7.01. The second-order valence-corrected chi connectivity index (χ2v) is 4.41. The molecule has 3 heterocycles. The smallest absolute Gasteiger partial charge is 0.167 e. The Morgan fingerprint density at radius 3 is 3.11 bits per heavy atom. The third kappa shape index (κ3) is 1.81. The number of fused-ring (bicyclic) bond motifs is 1. The number of ether oxygens (including phenoxy) is 1. The third-order valence-electron chi connectivity index (χ3n) is 3.23. The van der Waals surface area contributed by atoms with Gasteiger partial charge in [-0.2, -0.15) is 0 Å². The lowest BCUT2D eigenvalue weighted by molar-refractivity contribution is -0.105. The Labute approximate surface area is 104 Å². The normalized spacial score (nSPS) is 24.5. The van der Waals surface area contributed by atoms with Gasteiger partial charge in [-0.25, -0.2) is 15.0 Å². The van der Waals surface area contributed by atoms with Crippen LogP contribution in [0.5, 0.6) is 0 Å². The second kappa shape index (κ2) is 4.51. The van der Waals surface area contributed by atoms with Gasteiger partial charge in [-0.3, -0.25) is 4.57 Å². The molecule has 0 saturated carbocycles. The van der Waals surface area contributed by atoms with Crippen LogP contribution in [0.1, 0.15) is 25.5 Å². The first-order chi connectivity index (χ1) is 8.79. The lowest BCUT2D eigenvalue weighted by atomic mass is 10.1. The molecule has 0 spiro atoms. The maximum Gasteiger partial charge on any atom is 0.167 e. The summed E-state index contributed by atoms with van der Waals surface area (Å²) in [6.07, 6.45) is 5.61. The molecule has 2 aromatic heterocycles. The average molecular weight is 249 g/mol. The van der Waals surface area contributed by atoms with Gasteiger partial charge in [-0.15, -0.1) is 0 Å². The number of aromatic nitrogens is 4. The number of rotatable bonds is 2. The molecule has 7 heteroatoms. The number of nitrogen functional groups attached to an aromatic ring is 1. The van der Waals surface area contributed by atoms with Gasteiger partial charge in [0.25, 0.3) is 0 Å². The molecule has 2 atom stereocenters. The number of aliphatic hydroxyl groups is 1. The molecule has 96 valence electrons. The first-order valence-electron chi connectivity index (χ1n) is 5.99. The summed E-state index contributed by atoms with van der Waals surface area (Å²) in [6, 6.07) is 0. The van der Waals surface area contributed by atoms with Gasteiger partial charge in [-0.05, 0) is 19.3 Å². The molecule has 1 aliphatic heterocycles. The molecule has 0 radical (unpaired) electrons. The first-order valence-corrected chi connectivity index (χ1v) is 5.99. The number of hydrogen-bond donors (Lipinski definition) is 2. The Kier molecular flexibility index (Phi) is 2.85. The van der Waals surface area contributed by atoms with Crippen LogP contribution >= 0.6 is 0 Å². The summed E-state index contributed by atoms with van der Waals surface area (Å²) in [6.45, 7) is 0.0419. The fraction of sp³-hybridized carbons (Fsp3) is 0.545. The number of aliphatic hydroxyl groups excluding tert-OH is 1. The van der Waals surface area contributed by atoms with Gasteiger partial charge in [0.15, 0.2) is 11.5 Å². The molecule has 0 amide bonds. The minimum Gasteiger partial charge on any atom is -0.394 e. The third-order valence-corrected chi connectivity index (χ3v) is 3.23. The summed E-state index contributed by atoms with van der Waals surface area (Å²) in [4.78, 5) is 12.3. The number of nitrogens with zero attached hydrogens (tertiary/aromatic N) is 4. The van der Waals surface area contributed by atoms with E-state index in [9.17, 15) is 0 Å². The van der Waals surface area contributed by atoms with Crippen molar-refractivity contribution in [2.24, 2.45) is 0 Å². The van der Waals surface area contributed by atoms with Gasteiger partial charge in [0, 0.05) is 0 Å². The van der Waals surface area contributed by atoms with Crippen LogP contribution in [-0.4, -0.2) is 37.3 Å². The van der Waals surface area contributed by atoms with Crippen molar-refractivity contribution >= 4 is 17.0 Å². The summed E-state index contributed by atoms with van der Waals surface area (Å²) in [5.74, 6) is 0.369. The first kappa shape index (κ1) is 11.4. The maximum atomic E-state index is 9.17. The number of imidazole rings is 1. The maximum absolute atomic E-state index is 9.17. The molecule has 0 bridgehead atoms. The Bertz CT molecular complexity index is 555. The van der Waals surface area contributed by atoms with Gasteiger partial charge in [-0.1, -0.05) is 0 Å². The summed E-state index contributed by atoms with van der Waals surface area (Å²) < 4.78 is 7.66. The SMILES string of the molecule is Nc1ncnc2c1ncn2C1CCCC(CO)O1. The number of anilines is 1. The largest absolute Gasteiger partial charge is 0.394 e. The summed E-state index contributed by atoms with van der Waals surface area (Å²) in [7, 11) is 0. The van der Waals surface area contributed by atoms with E-state index in [-0.39, 0.29) is 18.9 Å².